The van der Waals surface area contributed by atoms with Crippen molar-refractivity contribution in [1.29, 1.82) is 0 Å². The van der Waals surface area contributed by atoms with Crippen molar-refractivity contribution in [1.82, 2.24) is 0 Å². The number of aliphatic carboxylic acids is 3. The van der Waals surface area contributed by atoms with Crippen LogP contribution in [-0.4, -0.2) is 62.4 Å². The smallest absolute Gasteiger partial charge is 0.362 e. The summed E-state index contributed by atoms with van der Waals surface area (Å²) >= 11 is 0. The van der Waals surface area contributed by atoms with Crippen LogP contribution in [-0.2, 0) is 14.4 Å². The second-order valence-electron chi connectivity index (χ2n) is 11.8. The molecule has 0 aromatic carbocycles. The highest BCUT2D eigenvalue weighted by Gasteiger charge is 2.52. The molecular weight excluding hydrogens is 506 g/mol. The van der Waals surface area contributed by atoms with Gasteiger partial charge in [0, 0.05) is 0 Å². The van der Waals surface area contributed by atoms with Crippen LogP contribution in [0.1, 0.15) is 156 Å². The van der Waals surface area contributed by atoms with E-state index in [1.54, 1.807) is 0 Å². The first-order valence-electron chi connectivity index (χ1n) is 16.3. The molecule has 3 unspecified atom stereocenters. The molecule has 7 heteroatoms. The van der Waals surface area contributed by atoms with E-state index in [-0.39, 0.29) is 6.54 Å². The van der Waals surface area contributed by atoms with Crippen molar-refractivity contribution in [2.24, 2.45) is 0 Å². The number of carbonyl (C=O) groups is 3. The molecular formula is C33H62NO6+. The summed E-state index contributed by atoms with van der Waals surface area (Å²) in [6.45, 7) is 6.70. The summed E-state index contributed by atoms with van der Waals surface area (Å²) < 4.78 is -0.475. The van der Waals surface area contributed by atoms with Crippen LogP contribution in [0.3, 0.4) is 0 Å². The number of carboxylic acid groups (broad SMARTS) is 3. The van der Waals surface area contributed by atoms with Crippen molar-refractivity contribution in [3.05, 3.63) is 12.2 Å². The Hall–Kier alpha value is -1.89. The SMILES string of the molecule is CC/C=C/CCCCCCCCCCCCCCCCCCCC[N+](C(C)C(=O)O)(C(C)C(=O)O)C(C)C(=O)O. The van der Waals surface area contributed by atoms with E-state index in [0.717, 1.165) is 25.7 Å². The van der Waals surface area contributed by atoms with Crippen molar-refractivity contribution in [2.45, 2.75) is 174 Å². The van der Waals surface area contributed by atoms with E-state index in [1.165, 1.54) is 117 Å². The molecule has 0 radical (unpaired) electrons. The third-order valence-corrected chi connectivity index (χ3v) is 8.80. The molecule has 0 aliphatic rings. The molecule has 0 amide bonds. The average molecular weight is 569 g/mol. The molecule has 0 saturated heterocycles. The Morgan fingerprint density at radius 2 is 0.775 bits per heavy atom. The van der Waals surface area contributed by atoms with E-state index in [0.29, 0.717) is 6.42 Å². The van der Waals surface area contributed by atoms with Crippen LogP contribution in [0.15, 0.2) is 12.2 Å². The second kappa shape index (κ2) is 23.8. The summed E-state index contributed by atoms with van der Waals surface area (Å²) in [4.78, 5) is 35.5. The number of unbranched alkanes of at least 4 members (excludes halogenated alkanes) is 18. The lowest BCUT2D eigenvalue weighted by atomic mass is 9.99. The van der Waals surface area contributed by atoms with Gasteiger partial charge in [-0.15, -0.1) is 0 Å². The first-order chi connectivity index (χ1) is 19.1. The molecule has 0 rings (SSSR count). The van der Waals surface area contributed by atoms with Gasteiger partial charge in [0.05, 0.1) is 6.54 Å². The zero-order valence-electron chi connectivity index (χ0n) is 26.2. The molecule has 0 spiro atoms. The van der Waals surface area contributed by atoms with E-state index in [9.17, 15) is 29.7 Å². The molecule has 3 atom stereocenters. The second-order valence-corrected chi connectivity index (χ2v) is 11.8. The Bertz CT molecular complexity index is 657. The molecule has 3 N–H and O–H groups in total. The Morgan fingerprint density at radius 1 is 0.500 bits per heavy atom. The zero-order chi connectivity index (χ0) is 30.2. The summed E-state index contributed by atoms with van der Waals surface area (Å²) in [5, 5.41) is 29.0. The Labute approximate surface area is 245 Å². The van der Waals surface area contributed by atoms with E-state index in [1.807, 2.05) is 0 Å². The maximum Gasteiger partial charge on any atom is 0.362 e. The van der Waals surface area contributed by atoms with Crippen molar-refractivity contribution in [2.75, 3.05) is 6.54 Å². The van der Waals surface area contributed by atoms with Gasteiger partial charge in [-0.2, -0.15) is 0 Å². The summed E-state index contributed by atoms with van der Waals surface area (Å²) in [6, 6.07) is -3.36. The van der Waals surface area contributed by atoms with Gasteiger partial charge in [-0.05, 0) is 52.9 Å². The van der Waals surface area contributed by atoms with Crippen LogP contribution >= 0.6 is 0 Å². The molecule has 0 aromatic rings. The molecule has 0 bridgehead atoms. The van der Waals surface area contributed by atoms with Crippen LogP contribution in [0, 0.1) is 0 Å². The van der Waals surface area contributed by atoms with Gasteiger partial charge in [0.2, 0.25) is 0 Å². The maximum absolute atomic E-state index is 11.8. The number of allylic oxidation sites excluding steroid dienone is 2. The van der Waals surface area contributed by atoms with Gasteiger partial charge in [0.15, 0.2) is 18.1 Å². The number of quaternary nitrogens is 1. The van der Waals surface area contributed by atoms with E-state index < -0.39 is 40.5 Å². The highest BCUT2D eigenvalue weighted by atomic mass is 16.4. The van der Waals surface area contributed by atoms with Crippen molar-refractivity contribution >= 4 is 17.9 Å². The first kappa shape index (κ1) is 38.1. The number of hydrogen-bond donors (Lipinski definition) is 3. The fraction of sp³-hybridized carbons (Fsp3) is 0.848. The van der Waals surface area contributed by atoms with E-state index >= 15 is 0 Å². The molecule has 7 nitrogen and oxygen atoms in total. The first-order valence-corrected chi connectivity index (χ1v) is 16.3. The fourth-order valence-corrected chi connectivity index (χ4v) is 5.96. The van der Waals surface area contributed by atoms with E-state index in [4.69, 9.17) is 0 Å². The standard InChI is InChI=1S/C33H61NO6/c1-5-6-7-8-9-10-11-12-13-14-15-16-17-18-19-20-21-22-23-24-25-26-27-34(28(2)31(35)36,29(3)32(37)38)30(4)33(39)40/h6-7,28-30H,5,8-27H2,1-4H3,(H2-,35,36,37,38,39,40)/p+1/b7-6+. The lowest BCUT2D eigenvalue weighted by molar-refractivity contribution is -0.968. The fourth-order valence-electron chi connectivity index (χ4n) is 5.96. The van der Waals surface area contributed by atoms with Crippen LogP contribution in [0.5, 0.6) is 0 Å². The molecule has 0 aliphatic carbocycles. The summed E-state index contributed by atoms with van der Waals surface area (Å²) in [6.07, 6.45) is 29.2. The lowest BCUT2D eigenvalue weighted by Gasteiger charge is -2.47. The van der Waals surface area contributed by atoms with Gasteiger partial charge < -0.3 is 15.3 Å². The van der Waals surface area contributed by atoms with Crippen LogP contribution in [0.4, 0.5) is 0 Å². The monoisotopic (exact) mass is 568 g/mol. The topological polar surface area (TPSA) is 112 Å². The summed E-state index contributed by atoms with van der Waals surface area (Å²) in [7, 11) is 0. The molecule has 0 heterocycles. The van der Waals surface area contributed by atoms with Gasteiger partial charge in [0.1, 0.15) is 0 Å². The van der Waals surface area contributed by atoms with Gasteiger partial charge in [0.25, 0.3) is 0 Å². The van der Waals surface area contributed by atoms with Gasteiger partial charge in [-0.1, -0.05) is 115 Å². The van der Waals surface area contributed by atoms with Gasteiger partial charge in [-0.3, -0.25) is 4.48 Å². The van der Waals surface area contributed by atoms with E-state index in [2.05, 4.69) is 19.1 Å². The number of carboxylic acids is 3. The summed E-state index contributed by atoms with van der Waals surface area (Å²) in [5.41, 5.74) is 0. The number of rotatable bonds is 28. The Kier molecular flexibility index (Phi) is 22.7. The normalized spacial score (nSPS) is 15.5. The number of nitrogens with zero attached hydrogens (tertiary/aromatic N) is 1. The molecule has 40 heavy (non-hydrogen) atoms. The highest BCUT2D eigenvalue weighted by Crippen LogP contribution is 2.28. The minimum absolute atomic E-state index is 0.228. The maximum atomic E-state index is 11.8. The molecule has 0 aliphatic heterocycles. The minimum Gasteiger partial charge on any atom is -0.477 e. The predicted molar refractivity (Wildman–Crippen MR) is 164 cm³/mol. The van der Waals surface area contributed by atoms with Crippen LogP contribution < -0.4 is 0 Å². The third kappa shape index (κ3) is 15.8. The number of hydrogen-bond acceptors (Lipinski definition) is 3. The van der Waals surface area contributed by atoms with Crippen LogP contribution in [0.2, 0.25) is 0 Å². The van der Waals surface area contributed by atoms with Crippen molar-refractivity contribution < 1.29 is 34.2 Å². The largest absolute Gasteiger partial charge is 0.477 e. The minimum atomic E-state index is -1.17. The van der Waals surface area contributed by atoms with Crippen molar-refractivity contribution in [3.8, 4) is 0 Å². The van der Waals surface area contributed by atoms with Crippen molar-refractivity contribution in [3.63, 3.8) is 0 Å². The molecule has 0 aromatic heterocycles. The van der Waals surface area contributed by atoms with Crippen LogP contribution in [0.25, 0.3) is 0 Å². The molecule has 234 valence electrons. The lowest BCUT2D eigenvalue weighted by Crippen LogP contribution is -2.70. The molecule has 0 saturated carbocycles. The zero-order valence-corrected chi connectivity index (χ0v) is 26.2. The Balaban J connectivity index is 3.94. The Morgan fingerprint density at radius 3 is 1.05 bits per heavy atom. The quantitative estimate of drug-likeness (QED) is 0.0495. The average Bonchev–Trinajstić information content (AvgIpc) is 2.92. The highest BCUT2D eigenvalue weighted by molar-refractivity contribution is 5.77. The van der Waals surface area contributed by atoms with Gasteiger partial charge >= 0.3 is 17.9 Å². The predicted octanol–water partition coefficient (Wildman–Crippen LogP) is 8.60. The van der Waals surface area contributed by atoms with Gasteiger partial charge in [-0.25, -0.2) is 14.4 Å². The molecule has 0 fully saturated rings. The summed E-state index contributed by atoms with van der Waals surface area (Å²) in [5.74, 6) is -3.50. The third-order valence-electron chi connectivity index (χ3n) is 8.80.